The van der Waals surface area contributed by atoms with Crippen LogP contribution < -0.4 is 0 Å². The van der Waals surface area contributed by atoms with E-state index in [1.54, 1.807) is 27.8 Å². The first-order valence-corrected chi connectivity index (χ1v) is 8.12. The Hall–Kier alpha value is -1.38. The maximum Gasteiger partial charge on any atom is 0.240 e. The fraction of sp³-hybridized carbons (Fsp3) is 0.333. The first-order chi connectivity index (χ1) is 9.76. The number of Topliss-reactive ketones (excluding diaryl/α,β-unsaturated/α-hetero) is 1. The van der Waals surface area contributed by atoms with Gasteiger partial charge in [0.1, 0.15) is 11.6 Å². The minimum Gasteiger partial charge on any atom is -0.297 e. The van der Waals surface area contributed by atoms with Crippen molar-refractivity contribution in [3.8, 4) is 0 Å². The fourth-order valence-corrected chi connectivity index (χ4v) is 3.10. The summed E-state index contributed by atoms with van der Waals surface area (Å²) in [5.74, 6) is 0.653. The van der Waals surface area contributed by atoms with Crippen LogP contribution in [0.15, 0.2) is 29.4 Å². The second-order valence-electron chi connectivity index (χ2n) is 3.56. The van der Waals surface area contributed by atoms with Crippen molar-refractivity contribution < 1.29 is 19.2 Å². The maximum atomic E-state index is 11.4. The molecule has 1 aromatic heterocycles. The average Bonchev–Trinajstić information content (AvgIpc) is 2.49. The van der Waals surface area contributed by atoms with Crippen molar-refractivity contribution in [1.82, 2.24) is 10.0 Å². The van der Waals surface area contributed by atoms with Crippen LogP contribution in [0, 0.1) is 0 Å². The summed E-state index contributed by atoms with van der Waals surface area (Å²) in [6.07, 6.45) is 3.20. The number of hydrogen-bond donors (Lipinski definition) is 0. The van der Waals surface area contributed by atoms with Crippen LogP contribution in [0.3, 0.4) is 0 Å². The summed E-state index contributed by atoms with van der Waals surface area (Å²) in [5, 5.41) is 1.36. The lowest BCUT2D eigenvalue weighted by Crippen LogP contribution is -2.24. The van der Waals surface area contributed by atoms with Crippen LogP contribution >= 0.6 is 21.6 Å². The van der Waals surface area contributed by atoms with E-state index in [2.05, 4.69) is 9.82 Å². The maximum absolute atomic E-state index is 11.4. The summed E-state index contributed by atoms with van der Waals surface area (Å²) >= 11 is 0. The molecular formula is C12H14N2O4S2. The number of imide groups is 1. The van der Waals surface area contributed by atoms with Gasteiger partial charge in [-0.05, 0) is 29.3 Å². The van der Waals surface area contributed by atoms with E-state index in [9.17, 15) is 14.4 Å². The summed E-state index contributed by atoms with van der Waals surface area (Å²) in [5.41, 5.74) is 0. The molecule has 0 bridgehead atoms. The van der Waals surface area contributed by atoms with Crippen LogP contribution in [0.1, 0.15) is 12.8 Å². The highest BCUT2D eigenvalue weighted by Gasteiger charge is 2.06. The highest BCUT2D eigenvalue weighted by Crippen LogP contribution is 2.29. The Balaban J connectivity index is 2.04. The zero-order valence-electron chi connectivity index (χ0n) is 10.6. The normalized spacial score (nSPS) is 10.0. The van der Waals surface area contributed by atoms with Crippen molar-refractivity contribution in [2.75, 3.05) is 12.4 Å². The number of carbonyl (C=O) groups is 3. The van der Waals surface area contributed by atoms with Crippen LogP contribution in [0.5, 0.6) is 0 Å². The van der Waals surface area contributed by atoms with Gasteiger partial charge in [-0.15, -0.1) is 0 Å². The second-order valence-corrected chi connectivity index (χ2v) is 6.00. The number of aromatic nitrogens is 1. The van der Waals surface area contributed by atoms with Gasteiger partial charge in [-0.1, -0.05) is 16.9 Å². The van der Waals surface area contributed by atoms with Gasteiger partial charge < -0.3 is 0 Å². The van der Waals surface area contributed by atoms with E-state index in [0.717, 1.165) is 10.8 Å². The third kappa shape index (κ3) is 7.27. The zero-order chi connectivity index (χ0) is 14.6. The predicted molar refractivity (Wildman–Crippen MR) is 76.7 cm³/mol. The lowest BCUT2D eigenvalue weighted by molar-refractivity contribution is -0.177. The Morgan fingerprint density at radius 2 is 2.15 bits per heavy atom. The van der Waals surface area contributed by atoms with E-state index in [4.69, 9.17) is 0 Å². The van der Waals surface area contributed by atoms with Crippen molar-refractivity contribution in [2.24, 2.45) is 0 Å². The molecule has 0 atom stereocenters. The van der Waals surface area contributed by atoms with Gasteiger partial charge in [0.2, 0.25) is 12.8 Å². The molecule has 1 heterocycles. The van der Waals surface area contributed by atoms with E-state index in [1.807, 2.05) is 18.2 Å². The molecule has 108 valence electrons. The third-order valence-corrected chi connectivity index (χ3v) is 4.40. The molecule has 0 aliphatic carbocycles. The largest absolute Gasteiger partial charge is 0.297 e. The molecule has 1 rings (SSSR count). The predicted octanol–water partition coefficient (Wildman–Crippen LogP) is 1.72. The molecule has 0 saturated carbocycles. The van der Waals surface area contributed by atoms with E-state index in [1.165, 1.54) is 0 Å². The van der Waals surface area contributed by atoms with Crippen molar-refractivity contribution in [3.05, 3.63) is 24.4 Å². The molecule has 2 amide bonds. The van der Waals surface area contributed by atoms with Crippen molar-refractivity contribution in [1.29, 1.82) is 0 Å². The van der Waals surface area contributed by atoms with Crippen LogP contribution in [0.25, 0.3) is 0 Å². The monoisotopic (exact) mass is 314 g/mol. The van der Waals surface area contributed by atoms with Crippen LogP contribution in [0.4, 0.5) is 0 Å². The lowest BCUT2D eigenvalue weighted by Gasteiger charge is -2.07. The molecule has 0 radical (unpaired) electrons. The minimum atomic E-state index is -0.268. The smallest absolute Gasteiger partial charge is 0.240 e. The van der Waals surface area contributed by atoms with Gasteiger partial charge in [0.25, 0.3) is 0 Å². The molecule has 1 aromatic rings. The highest BCUT2D eigenvalue weighted by atomic mass is 33.1. The summed E-state index contributed by atoms with van der Waals surface area (Å²) < 4.78 is 0. The molecule has 0 spiro atoms. The van der Waals surface area contributed by atoms with E-state index in [0.29, 0.717) is 17.9 Å². The van der Waals surface area contributed by atoms with Crippen LogP contribution in [0.2, 0.25) is 0 Å². The van der Waals surface area contributed by atoms with Gasteiger partial charge in [0.05, 0.1) is 0 Å². The summed E-state index contributed by atoms with van der Waals surface area (Å²) in [6, 6.07) is 5.70. The van der Waals surface area contributed by atoms with E-state index >= 15 is 0 Å². The number of carbonyl (C=O) groups excluding carboxylic acids is 3. The third-order valence-electron chi connectivity index (χ3n) is 2.05. The number of hydrogen-bond acceptors (Lipinski definition) is 7. The van der Waals surface area contributed by atoms with Crippen molar-refractivity contribution >= 4 is 40.2 Å². The van der Waals surface area contributed by atoms with Gasteiger partial charge in [-0.3, -0.25) is 19.2 Å². The van der Waals surface area contributed by atoms with E-state index in [-0.39, 0.29) is 25.2 Å². The number of pyridine rings is 1. The quantitative estimate of drug-likeness (QED) is 0.266. The molecule has 0 fully saturated rings. The van der Waals surface area contributed by atoms with Gasteiger partial charge >= 0.3 is 0 Å². The number of amides is 2. The molecule has 0 unspecified atom stereocenters. The Bertz CT molecular complexity index is 423. The standard InChI is InChI=1S/C12H14N2O4S2/c15-9-14(10-16)18-8-11(17)4-3-7-19-20-12-5-1-2-6-13-12/h1-2,5-6,9-10H,3-4,7-8H2. The summed E-state index contributed by atoms with van der Waals surface area (Å²) in [7, 11) is 3.18. The molecular weight excluding hydrogens is 300 g/mol. The highest BCUT2D eigenvalue weighted by molar-refractivity contribution is 8.76. The average molecular weight is 314 g/mol. The van der Waals surface area contributed by atoms with Crippen molar-refractivity contribution in [3.63, 3.8) is 0 Å². The molecule has 0 aliphatic heterocycles. The first kappa shape index (κ1) is 16.7. The Morgan fingerprint density at radius 3 is 2.80 bits per heavy atom. The van der Waals surface area contributed by atoms with Crippen LogP contribution in [-0.4, -0.2) is 41.0 Å². The summed E-state index contributed by atoms with van der Waals surface area (Å²) in [4.78, 5) is 40.7. The zero-order valence-corrected chi connectivity index (χ0v) is 12.3. The van der Waals surface area contributed by atoms with Crippen LogP contribution in [-0.2, 0) is 19.2 Å². The van der Waals surface area contributed by atoms with Crippen molar-refractivity contribution in [2.45, 2.75) is 17.9 Å². The number of nitrogens with zero attached hydrogens (tertiary/aromatic N) is 2. The molecule has 0 aliphatic rings. The molecule has 0 N–H and O–H groups in total. The van der Waals surface area contributed by atoms with E-state index < -0.39 is 0 Å². The van der Waals surface area contributed by atoms with Gasteiger partial charge in [0, 0.05) is 18.4 Å². The minimum absolute atomic E-state index is 0.151. The number of ketones is 1. The molecule has 0 saturated heterocycles. The van der Waals surface area contributed by atoms with Gasteiger partial charge in [0.15, 0.2) is 5.78 Å². The van der Waals surface area contributed by atoms with Gasteiger partial charge in [-0.2, -0.15) is 5.06 Å². The Labute approximate surface area is 124 Å². The lowest BCUT2D eigenvalue weighted by atomic mass is 10.2. The summed E-state index contributed by atoms with van der Waals surface area (Å²) in [6.45, 7) is -0.268. The topological polar surface area (TPSA) is 76.6 Å². The number of hydroxylamine groups is 2. The molecule has 8 heteroatoms. The molecule has 6 nitrogen and oxygen atoms in total. The molecule has 20 heavy (non-hydrogen) atoms. The van der Waals surface area contributed by atoms with Gasteiger partial charge in [-0.25, -0.2) is 4.98 Å². The Kier molecular flexibility index (Phi) is 8.68. The molecule has 0 aromatic carbocycles. The number of rotatable bonds is 11. The first-order valence-electron chi connectivity index (χ1n) is 5.80. The fourth-order valence-electron chi connectivity index (χ4n) is 1.13. The Morgan fingerprint density at radius 1 is 1.35 bits per heavy atom. The second kappa shape index (κ2) is 10.4. The SMILES string of the molecule is O=CN(C=O)OCC(=O)CCCSSc1ccccn1.